The van der Waals surface area contributed by atoms with E-state index in [2.05, 4.69) is 140 Å². The highest BCUT2D eigenvalue weighted by Gasteiger charge is 2.13. The zero-order valence-electron chi connectivity index (χ0n) is 30.1. The molecule has 6 aromatic rings. The number of unbranched alkanes of at least 4 members (excludes halogenated alkanes) is 10. The molecule has 0 bridgehead atoms. The molecule has 0 aliphatic carbocycles. The Kier molecular flexibility index (Phi) is 13.6. The molecular weight excluding hydrogens is 706 g/mol. The predicted molar refractivity (Wildman–Crippen MR) is 224 cm³/mol. The molecule has 0 radical (unpaired) electrons. The van der Waals surface area contributed by atoms with E-state index in [9.17, 15) is 0 Å². The molecule has 0 aliphatic heterocycles. The predicted octanol–water partition coefficient (Wildman–Crippen LogP) is 13.1. The molecule has 1 heterocycles. The van der Waals surface area contributed by atoms with Crippen LogP contribution in [0.25, 0.3) is 32.6 Å². The molecule has 0 saturated carbocycles. The van der Waals surface area contributed by atoms with Gasteiger partial charge in [0.15, 0.2) is 0 Å². The minimum absolute atomic E-state index is 0.830. The number of aromatic nitrogens is 2. The summed E-state index contributed by atoms with van der Waals surface area (Å²) in [6.07, 6.45) is 15.9. The van der Waals surface area contributed by atoms with E-state index in [-0.39, 0.29) is 0 Å². The number of anilines is 1. The van der Waals surface area contributed by atoms with Gasteiger partial charge in [0, 0.05) is 39.9 Å². The minimum atomic E-state index is 0.830. The maximum atomic E-state index is 4.53. The summed E-state index contributed by atoms with van der Waals surface area (Å²) < 4.78 is 9.91. The summed E-state index contributed by atoms with van der Waals surface area (Å²) >= 11 is 4.81. The standard InChI is InChI=1S/C46H48BrN3S/c1-3-5-7-9-11-17-33-50(34-18-12-10-8-6-4-2)37-28-23-35(24-29-37)25-30-42-38-19-13-15-21-40(38)43(41-22-16-14-20-39(41)42)31-26-36-27-32-44(47)46-45(36)48-51-49-46/h13-16,19-24,27-29,32H,3-12,17-18,33-34H2,1-2H3. The second-order valence-electron chi connectivity index (χ2n) is 13.5. The number of fused-ring (bicyclic) bond motifs is 3. The van der Waals surface area contributed by atoms with Crippen LogP contribution in [0.2, 0.25) is 0 Å². The van der Waals surface area contributed by atoms with Gasteiger partial charge in [0.2, 0.25) is 0 Å². The van der Waals surface area contributed by atoms with Crippen molar-refractivity contribution in [2.24, 2.45) is 0 Å². The van der Waals surface area contributed by atoms with Gasteiger partial charge in [-0.05, 0) is 86.7 Å². The van der Waals surface area contributed by atoms with Crippen molar-refractivity contribution in [3.63, 3.8) is 0 Å². The second-order valence-corrected chi connectivity index (χ2v) is 14.8. The van der Waals surface area contributed by atoms with Gasteiger partial charge in [-0.3, -0.25) is 0 Å². The quantitative estimate of drug-likeness (QED) is 0.0594. The van der Waals surface area contributed by atoms with Crippen molar-refractivity contribution in [2.45, 2.75) is 90.9 Å². The Morgan fingerprint density at radius 3 is 1.57 bits per heavy atom. The van der Waals surface area contributed by atoms with Crippen LogP contribution in [0.4, 0.5) is 5.69 Å². The van der Waals surface area contributed by atoms with Crippen LogP contribution >= 0.6 is 27.7 Å². The van der Waals surface area contributed by atoms with E-state index in [0.717, 1.165) is 72.4 Å². The molecule has 0 saturated heterocycles. The van der Waals surface area contributed by atoms with Gasteiger partial charge in [-0.2, -0.15) is 8.75 Å². The first-order chi connectivity index (χ1) is 25.2. The van der Waals surface area contributed by atoms with Crippen LogP contribution in [0.5, 0.6) is 0 Å². The highest BCUT2D eigenvalue weighted by molar-refractivity contribution is 9.10. The molecule has 0 amide bonds. The third-order valence-electron chi connectivity index (χ3n) is 9.75. The van der Waals surface area contributed by atoms with Gasteiger partial charge in [0.1, 0.15) is 11.0 Å². The third-order valence-corrected chi connectivity index (χ3v) is 10.9. The first kappa shape index (κ1) is 36.6. The topological polar surface area (TPSA) is 29.0 Å². The molecule has 260 valence electrons. The lowest BCUT2D eigenvalue weighted by Crippen LogP contribution is -2.25. The Bertz CT molecular complexity index is 2110. The molecule has 0 aliphatic rings. The lowest BCUT2D eigenvalue weighted by Gasteiger charge is -2.25. The Balaban J connectivity index is 1.27. The fraction of sp³-hybridized carbons (Fsp3) is 0.348. The molecule has 1 aromatic heterocycles. The van der Waals surface area contributed by atoms with E-state index in [4.69, 9.17) is 0 Å². The Morgan fingerprint density at radius 1 is 0.529 bits per heavy atom. The fourth-order valence-electron chi connectivity index (χ4n) is 6.89. The van der Waals surface area contributed by atoms with E-state index in [0.29, 0.717) is 0 Å². The molecule has 0 atom stereocenters. The number of hydrogen-bond donors (Lipinski definition) is 0. The van der Waals surface area contributed by atoms with Gasteiger partial charge in [-0.15, -0.1) is 0 Å². The van der Waals surface area contributed by atoms with Gasteiger partial charge in [0.25, 0.3) is 0 Å². The zero-order valence-corrected chi connectivity index (χ0v) is 32.5. The maximum Gasteiger partial charge on any atom is 0.121 e. The second kappa shape index (κ2) is 18.9. The van der Waals surface area contributed by atoms with E-state index in [1.807, 2.05) is 12.1 Å². The van der Waals surface area contributed by atoms with Crippen molar-refractivity contribution in [3.8, 4) is 23.7 Å². The molecule has 0 fully saturated rings. The van der Waals surface area contributed by atoms with Gasteiger partial charge in [-0.25, -0.2) is 0 Å². The average Bonchev–Trinajstić information content (AvgIpc) is 3.67. The molecule has 6 rings (SSSR count). The van der Waals surface area contributed by atoms with Crippen LogP contribution in [-0.2, 0) is 0 Å². The normalized spacial score (nSPS) is 11.0. The van der Waals surface area contributed by atoms with Crippen molar-refractivity contribution in [3.05, 3.63) is 112 Å². The molecule has 0 N–H and O–H groups in total. The molecule has 0 spiro atoms. The zero-order chi connectivity index (χ0) is 35.3. The number of halogens is 1. The summed E-state index contributed by atoms with van der Waals surface area (Å²) in [6.45, 7) is 6.84. The van der Waals surface area contributed by atoms with Crippen molar-refractivity contribution >= 4 is 65.9 Å². The summed E-state index contributed by atoms with van der Waals surface area (Å²) in [5.41, 5.74) is 6.95. The molecule has 5 heteroatoms. The van der Waals surface area contributed by atoms with Gasteiger partial charge >= 0.3 is 0 Å². The van der Waals surface area contributed by atoms with Crippen LogP contribution < -0.4 is 4.90 Å². The first-order valence-electron chi connectivity index (χ1n) is 18.9. The highest BCUT2D eigenvalue weighted by atomic mass is 79.9. The fourth-order valence-corrected chi connectivity index (χ4v) is 7.99. The lowest BCUT2D eigenvalue weighted by molar-refractivity contribution is 0.575. The Morgan fingerprint density at radius 2 is 1.02 bits per heavy atom. The van der Waals surface area contributed by atoms with Crippen LogP contribution in [0, 0.1) is 23.7 Å². The monoisotopic (exact) mass is 753 g/mol. The molecule has 0 unspecified atom stereocenters. The summed E-state index contributed by atoms with van der Waals surface area (Å²) in [6, 6.07) is 30.0. The van der Waals surface area contributed by atoms with Crippen molar-refractivity contribution in [2.75, 3.05) is 18.0 Å². The summed E-state index contributed by atoms with van der Waals surface area (Å²) in [5, 5.41) is 4.44. The number of benzene rings is 5. The van der Waals surface area contributed by atoms with E-state index >= 15 is 0 Å². The molecule has 51 heavy (non-hydrogen) atoms. The average molecular weight is 755 g/mol. The lowest BCUT2D eigenvalue weighted by atomic mass is 9.92. The molecule has 5 aromatic carbocycles. The van der Waals surface area contributed by atoms with Crippen LogP contribution in [0.3, 0.4) is 0 Å². The Hall–Kier alpha value is -4.16. The van der Waals surface area contributed by atoms with Gasteiger partial charge < -0.3 is 4.90 Å². The largest absolute Gasteiger partial charge is 0.372 e. The Labute approximate surface area is 317 Å². The van der Waals surface area contributed by atoms with Gasteiger partial charge in [0.05, 0.1) is 17.3 Å². The van der Waals surface area contributed by atoms with Crippen LogP contribution in [0.1, 0.15) is 113 Å². The summed E-state index contributed by atoms with van der Waals surface area (Å²) in [7, 11) is 0. The number of nitrogens with zero attached hydrogens (tertiary/aromatic N) is 3. The summed E-state index contributed by atoms with van der Waals surface area (Å²) in [4.78, 5) is 2.61. The van der Waals surface area contributed by atoms with Crippen LogP contribution in [0.15, 0.2) is 89.4 Å². The summed E-state index contributed by atoms with van der Waals surface area (Å²) in [5.74, 6) is 14.1. The van der Waals surface area contributed by atoms with Crippen molar-refractivity contribution in [1.82, 2.24) is 8.75 Å². The maximum absolute atomic E-state index is 4.53. The SMILES string of the molecule is CCCCCCCCN(CCCCCCCC)c1ccc(C#Cc2c3ccccc3c(C#Cc3ccc(Br)c4nsnc34)c3ccccc23)cc1. The van der Waals surface area contributed by atoms with E-state index < -0.39 is 0 Å². The van der Waals surface area contributed by atoms with E-state index in [1.54, 1.807) is 0 Å². The number of hydrogen-bond acceptors (Lipinski definition) is 4. The first-order valence-corrected chi connectivity index (χ1v) is 20.4. The molecule has 3 nitrogen and oxygen atoms in total. The van der Waals surface area contributed by atoms with E-state index in [1.165, 1.54) is 94.5 Å². The highest BCUT2D eigenvalue weighted by Crippen LogP contribution is 2.33. The third kappa shape index (κ3) is 9.39. The van der Waals surface area contributed by atoms with Crippen LogP contribution in [-0.4, -0.2) is 21.8 Å². The van der Waals surface area contributed by atoms with Crippen molar-refractivity contribution < 1.29 is 0 Å². The van der Waals surface area contributed by atoms with Crippen molar-refractivity contribution in [1.29, 1.82) is 0 Å². The number of rotatable bonds is 15. The minimum Gasteiger partial charge on any atom is -0.372 e. The van der Waals surface area contributed by atoms with Gasteiger partial charge in [-0.1, -0.05) is 150 Å². The smallest absolute Gasteiger partial charge is 0.121 e. The molecular formula is C46H48BrN3S.